The topological polar surface area (TPSA) is 251 Å². The van der Waals surface area contributed by atoms with E-state index in [9.17, 15) is 29.4 Å². The van der Waals surface area contributed by atoms with Gasteiger partial charge in [-0.05, 0) is 30.4 Å². The van der Waals surface area contributed by atoms with Crippen molar-refractivity contribution in [3.05, 3.63) is 36.0 Å². The van der Waals surface area contributed by atoms with E-state index in [1.807, 2.05) is 31.2 Å². The molecule has 5 unspecified atom stereocenters. The molecule has 1 heterocycles. The highest BCUT2D eigenvalue weighted by molar-refractivity contribution is 5.95. The summed E-state index contributed by atoms with van der Waals surface area (Å²) in [5.74, 6) is -3.77. The van der Waals surface area contributed by atoms with E-state index in [1.54, 1.807) is 13.1 Å². The number of rotatable bonds is 16. The Morgan fingerprint density at radius 3 is 2.25 bits per heavy atom. The number of fused-ring (bicyclic) bond motifs is 1. The molecule has 5 atom stereocenters. The number of benzene rings is 1. The molecule has 0 aliphatic rings. The number of guanidine groups is 1. The van der Waals surface area contributed by atoms with Gasteiger partial charge in [0.05, 0.1) is 12.6 Å². The monoisotopic (exact) mass is 560 g/mol. The Labute approximate surface area is 232 Å². The van der Waals surface area contributed by atoms with Gasteiger partial charge in [-0.3, -0.25) is 19.4 Å². The highest BCUT2D eigenvalue weighted by Crippen LogP contribution is 2.19. The molecule has 14 heteroatoms. The van der Waals surface area contributed by atoms with E-state index >= 15 is 0 Å². The Morgan fingerprint density at radius 1 is 1.00 bits per heavy atom. The third kappa shape index (κ3) is 9.24. The first-order chi connectivity index (χ1) is 19.0. The lowest BCUT2D eigenvalue weighted by molar-refractivity contribution is -0.142. The summed E-state index contributed by atoms with van der Waals surface area (Å²) in [6.45, 7) is 3.09. The molecule has 0 saturated heterocycles. The number of aromatic nitrogens is 1. The number of nitrogens with zero attached hydrogens (tertiary/aromatic N) is 1. The van der Waals surface area contributed by atoms with E-state index in [0.29, 0.717) is 12.0 Å². The van der Waals surface area contributed by atoms with Crippen molar-refractivity contribution < 1.29 is 29.4 Å². The number of aliphatic imine (C=N–C) groups is 1. The average Bonchev–Trinajstić information content (AvgIpc) is 3.34. The molecule has 0 fully saturated rings. The van der Waals surface area contributed by atoms with Gasteiger partial charge in [0.15, 0.2) is 5.96 Å². The highest BCUT2D eigenvalue weighted by Gasteiger charge is 2.31. The Balaban J connectivity index is 2.24. The number of aliphatic hydroxyl groups excluding tert-OH is 1. The molecule has 0 aliphatic carbocycles. The van der Waals surface area contributed by atoms with Gasteiger partial charge in [0.2, 0.25) is 17.7 Å². The second-order valence-electron chi connectivity index (χ2n) is 9.63. The maximum Gasteiger partial charge on any atom is 0.326 e. The summed E-state index contributed by atoms with van der Waals surface area (Å²) in [7, 11) is 0. The maximum absolute atomic E-state index is 13.3. The number of para-hydroxylation sites is 1. The summed E-state index contributed by atoms with van der Waals surface area (Å²) in [6, 6.07) is 2.57. The summed E-state index contributed by atoms with van der Waals surface area (Å²) in [5, 5.41) is 27.7. The van der Waals surface area contributed by atoms with Crippen molar-refractivity contribution in [1.82, 2.24) is 20.9 Å². The van der Waals surface area contributed by atoms with Crippen LogP contribution in [0.2, 0.25) is 0 Å². The molecular formula is C26H40N8O6. The number of H-pyrrole nitrogens is 1. The number of carbonyl (C=O) groups excluding carboxylic acids is 3. The van der Waals surface area contributed by atoms with Gasteiger partial charge in [0.25, 0.3) is 0 Å². The molecular weight excluding hydrogens is 520 g/mol. The van der Waals surface area contributed by atoms with Crippen molar-refractivity contribution in [2.45, 2.75) is 63.7 Å². The van der Waals surface area contributed by atoms with Crippen molar-refractivity contribution >= 4 is 40.6 Å². The second kappa shape index (κ2) is 15.4. The molecule has 2 aromatic rings. The first-order valence-electron chi connectivity index (χ1n) is 13.1. The smallest absolute Gasteiger partial charge is 0.326 e. The molecule has 0 radical (unpaired) electrons. The zero-order chi connectivity index (χ0) is 29.8. The second-order valence-corrected chi connectivity index (χ2v) is 9.63. The minimum Gasteiger partial charge on any atom is -0.480 e. The summed E-state index contributed by atoms with van der Waals surface area (Å²) < 4.78 is 0. The SMILES string of the molecule is CCC(C)C(N)C(=O)NC(CO)C(=O)NC(Cc1c[nH]c2ccccc12)C(=O)NC(CCCN=C(N)N)C(=O)O. The number of nitrogens with two attached hydrogens (primary N) is 3. The van der Waals surface area contributed by atoms with Crippen LogP contribution in [0.5, 0.6) is 0 Å². The molecule has 0 aliphatic heterocycles. The first kappa shape index (κ1) is 32.0. The van der Waals surface area contributed by atoms with Crippen molar-refractivity contribution in [3.63, 3.8) is 0 Å². The lowest BCUT2D eigenvalue weighted by Crippen LogP contribution is -2.59. The summed E-state index contributed by atoms with van der Waals surface area (Å²) in [6.07, 6.45) is 2.64. The maximum atomic E-state index is 13.3. The molecule has 40 heavy (non-hydrogen) atoms. The number of hydrogen-bond donors (Lipinski definition) is 9. The van der Waals surface area contributed by atoms with Crippen LogP contribution in [0.1, 0.15) is 38.7 Å². The predicted molar refractivity (Wildman–Crippen MR) is 150 cm³/mol. The van der Waals surface area contributed by atoms with Crippen LogP contribution in [0.4, 0.5) is 0 Å². The number of aliphatic hydroxyl groups is 1. The summed E-state index contributed by atoms with van der Waals surface area (Å²) in [5.41, 5.74) is 18.0. The zero-order valence-corrected chi connectivity index (χ0v) is 22.7. The van der Waals surface area contributed by atoms with Crippen LogP contribution in [0.3, 0.4) is 0 Å². The fourth-order valence-electron chi connectivity index (χ4n) is 4.01. The van der Waals surface area contributed by atoms with Gasteiger partial charge < -0.3 is 48.3 Å². The van der Waals surface area contributed by atoms with Gasteiger partial charge in [0, 0.05) is 30.1 Å². The quantitative estimate of drug-likeness (QED) is 0.0669. The van der Waals surface area contributed by atoms with E-state index in [4.69, 9.17) is 17.2 Å². The first-order valence-corrected chi connectivity index (χ1v) is 13.1. The largest absolute Gasteiger partial charge is 0.480 e. The van der Waals surface area contributed by atoms with Gasteiger partial charge in [0.1, 0.15) is 18.1 Å². The molecule has 220 valence electrons. The van der Waals surface area contributed by atoms with Crippen LogP contribution in [0.25, 0.3) is 10.9 Å². The average molecular weight is 561 g/mol. The van der Waals surface area contributed by atoms with E-state index in [0.717, 1.165) is 10.9 Å². The summed E-state index contributed by atoms with van der Waals surface area (Å²) >= 11 is 0. The lowest BCUT2D eigenvalue weighted by atomic mass is 9.99. The molecule has 12 N–H and O–H groups in total. The Hall–Kier alpha value is -4.17. The third-order valence-corrected chi connectivity index (χ3v) is 6.67. The van der Waals surface area contributed by atoms with E-state index in [1.165, 1.54) is 0 Å². The van der Waals surface area contributed by atoms with Crippen LogP contribution in [0, 0.1) is 5.92 Å². The molecule has 1 aromatic heterocycles. The summed E-state index contributed by atoms with van der Waals surface area (Å²) in [4.78, 5) is 57.7. The molecule has 0 saturated carbocycles. The number of carboxylic acid groups (broad SMARTS) is 1. The predicted octanol–water partition coefficient (Wildman–Crippen LogP) is -1.33. The third-order valence-electron chi connectivity index (χ3n) is 6.67. The molecule has 2 rings (SSSR count). The van der Waals surface area contributed by atoms with Crippen LogP contribution in [-0.4, -0.2) is 82.2 Å². The lowest BCUT2D eigenvalue weighted by Gasteiger charge is -2.25. The number of carboxylic acids is 1. The van der Waals surface area contributed by atoms with Crippen molar-refractivity contribution in [2.24, 2.45) is 28.1 Å². The number of hydrogen-bond acceptors (Lipinski definition) is 7. The van der Waals surface area contributed by atoms with Gasteiger partial charge in [-0.2, -0.15) is 0 Å². The van der Waals surface area contributed by atoms with Gasteiger partial charge >= 0.3 is 5.97 Å². The van der Waals surface area contributed by atoms with Crippen LogP contribution in [0.15, 0.2) is 35.5 Å². The minimum atomic E-state index is -1.38. The van der Waals surface area contributed by atoms with Crippen molar-refractivity contribution in [1.29, 1.82) is 0 Å². The van der Waals surface area contributed by atoms with E-state index < -0.39 is 54.5 Å². The minimum absolute atomic E-state index is 0.000401. The Kier molecular flexibility index (Phi) is 12.4. The highest BCUT2D eigenvalue weighted by atomic mass is 16.4. The molecule has 14 nitrogen and oxygen atoms in total. The molecule has 0 spiro atoms. The van der Waals surface area contributed by atoms with E-state index in [-0.39, 0.29) is 37.7 Å². The van der Waals surface area contributed by atoms with Gasteiger partial charge in [-0.15, -0.1) is 0 Å². The number of amides is 3. The fraction of sp³-hybridized carbons (Fsp3) is 0.500. The Morgan fingerprint density at radius 2 is 1.62 bits per heavy atom. The van der Waals surface area contributed by atoms with Gasteiger partial charge in [-0.1, -0.05) is 38.5 Å². The fourth-order valence-corrected chi connectivity index (χ4v) is 4.01. The van der Waals surface area contributed by atoms with Crippen LogP contribution < -0.4 is 33.2 Å². The van der Waals surface area contributed by atoms with E-state index in [2.05, 4.69) is 25.9 Å². The molecule has 1 aromatic carbocycles. The molecule has 3 amide bonds. The van der Waals surface area contributed by atoms with Crippen LogP contribution >= 0.6 is 0 Å². The van der Waals surface area contributed by atoms with Crippen molar-refractivity contribution in [2.75, 3.05) is 13.2 Å². The normalized spacial score (nSPS) is 14.8. The number of aliphatic carboxylic acids is 1. The zero-order valence-electron chi connectivity index (χ0n) is 22.7. The Bertz CT molecular complexity index is 1190. The van der Waals surface area contributed by atoms with Gasteiger partial charge in [-0.25, -0.2) is 4.79 Å². The van der Waals surface area contributed by atoms with Crippen molar-refractivity contribution in [3.8, 4) is 0 Å². The standard InChI is InChI=1S/C26H40N8O6/c1-3-14(2)21(27)24(38)34-20(13-35)23(37)33-19(11-15-12-31-17-8-5-4-7-16(15)17)22(36)32-18(25(39)40)9-6-10-30-26(28)29/h4-5,7-8,12,14,18-21,31,35H,3,6,9-11,13,27H2,1-2H3,(H,32,36)(H,33,37)(H,34,38)(H,39,40)(H4,28,29,30). The van der Waals surface area contributed by atoms with Crippen LogP contribution in [-0.2, 0) is 25.6 Å². The number of carbonyl (C=O) groups is 4. The number of nitrogens with one attached hydrogen (secondary N) is 4. The number of aromatic amines is 1. The molecule has 0 bridgehead atoms.